The standard InChI is InChI=1S/C23H19N5/c1-15(18-3-2-7-24-14-18)28-19-12-20(23-22(13-19)26-9-10-27-23)17-5-4-16-6-8-25-21(16)11-17/h2-15,25,28H,1H3. The number of nitrogens with one attached hydrogen (secondary N) is 2. The number of hydrogen-bond acceptors (Lipinski definition) is 4. The monoisotopic (exact) mass is 365 g/mol. The van der Waals surface area contributed by atoms with Gasteiger partial charge >= 0.3 is 0 Å². The predicted molar refractivity (Wildman–Crippen MR) is 113 cm³/mol. The molecule has 5 rings (SSSR count). The molecule has 1 atom stereocenters. The molecule has 5 nitrogen and oxygen atoms in total. The van der Waals surface area contributed by atoms with Crippen molar-refractivity contribution >= 4 is 27.6 Å². The fourth-order valence-electron chi connectivity index (χ4n) is 3.56. The molecule has 0 aliphatic rings. The van der Waals surface area contributed by atoms with Crippen molar-refractivity contribution in [1.29, 1.82) is 0 Å². The Bertz CT molecular complexity index is 1260. The van der Waals surface area contributed by atoms with Crippen molar-refractivity contribution in [1.82, 2.24) is 19.9 Å². The minimum Gasteiger partial charge on any atom is -0.378 e. The van der Waals surface area contributed by atoms with Crippen LogP contribution in [0.5, 0.6) is 0 Å². The molecule has 28 heavy (non-hydrogen) atoms. The van der Waals surface area contributed by atoms with Gasteiger partial charge in [0.15, 0.2) is 0 Å². The van der Waals surface area contributed by atoms with Crippen molar-refractivity contribution < 1.29 is 0 Å². The van der Waals surface area contributed by atoms with E-state index in [2.05, 4.69) is 68.6 Å². The summed E-state index contributed by atoms with van der Waals surface area (Å²) in [6.45, 7) is 2.13. The number of anilines is 1. The quantitative estimate of drug-likeness (QED) is 0.451. The van der Waals surface area contributed by atoms with Crippen LogP contribution in [0.25, 0.3) is 33.1 Å². The van der Waals surface area contributed by atoms with Gasteiger partial charge in [0, 0.05) is 47.8 Å². The molecule has 0 amide bonds. The Morgan fingerprint density at radius 3 is 2.79 bits per heavy atom. The van der Waals surface area contributed by atoms with E-state index >= 15 is 0 Å². The van der Waals surface area contributed by atoms with Crippen LogP contribution in [0.4, 0.5) is 5.69 Å². The van der Waals surface area contributed by atoms with Crippen LogP contribution in [0.15, 0.2) is 79.5 Å². The van der Waals surface area contributed by atoms with Gasteiger partial charge in [-0.3, -0.25) is 15.0 Å². The highest BCUT2D eigenvalue weighted by Crippen LogP contribution is 2.32. The van der Waals surface area contributed by atoms with Crippen LogP contribution >= 0.6 is 0 Å². The summed E-state index contributed by atoms with van der Waals surface area (Å²) in [6, 6.07) is 16.8. The van der Waals surface area contributed by atoms with E-state index < -0.39 is 0 Å². The Morgan fingerprint density at radius 1 is 0.964 bits per heavy atom. The Balaban J connectivity index is 1.61. The largest absolute Gasteiger partial charge is 0.378 e. The van der Waals surface area contributed by atoms with E-state index in [0.29, 0.717) is 0 Å². The highest BCUT2D eigenvalue weighted by atomic mass is 14.9. The molecule has 136 valence electrons. The Hall–Kier alpha value is -3.73. The third kappa shape index (κ3) is 2.97. The van der Waals surface area contributed by atoms with E-state index in [1.807, 2.05) is 24.5 Å². The molecule has 1 unspecified atom stereocenters. The molecule has 0 bridgehead atoms. The van der Waals surface area contributed by atoms with E-state index in [-0.39, 0.29) is 6.04 Å². The molecule has 2 N–H and O–H groups in total. The van der Waals surface area contributed by atoms with Crippen molar-refractivity contribution in [3.05, 3.63) is 85.1 Å². The van der Waals surface area contributed by atoms with Gasteiger partial charge in [-0.2, -0.15) is 0 Å². The average Bonchev–Trinajstić information content (AvgIpc) is 3.21. The number of rotatable bonds is 4. The van der Waals surface area contributed by atoms with Crippen LogP contribution in [-0.2, 0) is 0 Å². The van der Waals surface area contributed by atoms with Crippen molar-refractivity contribution in [3.8, 4) is 11.1 Å². The Labute approximate surface area is 162 Å². The number of hydrogen-bond donors (Lipinski definition) is 2. The lowest BCUT2D eigenvalue weighted by molar-refractivity contribution is 0.876. The maximum absolute atomic E-state index is 4.59. The molecule has 2 aromatic carbocycles. The average molecular weight is 365 g/mol. The summed E-state index contributed by atoms with van der Waals surface area (Å²) in [5.41, 5.74) is 7.18. The molecule has 5 heteroatoms. The van der Waals surface area contributed by atoms with Crippen molar-refractivity contribution in [2.45, 2.75) is 13.0 Å². The fourth-order valence-corrected chi connectivity index (χ4v) is 3.56. The normalized spacial score (nSPS) is 12.3. The van der Waals surface area contributed by atoms with Crippen LogP contribution in [0.2, 0.25) is 0 Å². The highest BCUT2D eigenvalue weighted by Gasteiger charge is 2.12. The summed E-state index contributed by atoms with van der Waals surface area (Å²) in [7, 11) is 0. The van der Waals surface area contributed by atoms with Gasteiger partial charge in [0.05, 0.1) is 17.1 Å². The molecule has 5 aromatic rings. The van der Waals surface area contributed by atoms with E-state index in [9.17, 15) is 0 Å². The molecule has 0 saturated carbocycles. The van der Waals surface area contributed by atoms with Gasteiger partial charge in [0.1, 0.15) is 0 Å². The van der Waals surface area contributed by atoms with Crippen molar-refractivity contribution in [3.63, 3.8) is 0 Å². The summed E-state index contributed by atoms with van der Waals surface area (Å²) in [5.74, 6) is 0. The van der Waals surface area contributed by atoms with Crippen LogP contribution < -0.4 is 5.32 Å². The third-order valence-corrected chi connectivity index (χ3v) is 5.01. The minimum atomic E-state index is 0.126. The zero-order valence-corrected chi connectivity index (χ0v) is 15.4. The summed E-state index contributed by atoms with van der Waals surface area (Å²) < 4.78 is 0. The second kappa shape index (κ2) is 6.78. The Kier molecular flexibility index (Phi) is 3.98. The predicted octanol–water partition coefficient (Wildman–Crippen LogP) is 5.35. The van der Waals surface area contributed by atoms with Gasteiger partial charge in [0.25, 0.3) is 0 Å². The van der Waals surface area contributed by atoms with Crippen LogP contribution in [0.3, 0.4) is 0 Å². The van der Waals surface area contributed by atoms with Crippen LogP contribution in [0.1, 0.15) is 18.5 Å². The molecule has 0 aliphatic heterocycles. The number of pyridine rings is 1. The fraction of sp³-hybridized carbons (Fsp3) is 0.0870. The first-order valence-electron chi connectivity index (χ1n) is 9.27. The molecule has 0 aliphatic carbocycles. The molecule has 0 spiro atoms. The first-order chi connectivity index (χ1) is 13.8. The number of H-pyrrole nitrogens is 1. The number of aromatic amines is 1. The number of fused-ring (bicyclic) bond motifs is 2. The van der Waals surface area contributed by atoms with Crippen molar-refractivity contribution in [2.24, 2.45) is 0 Å². The molecular formula is C23H19N5. The van der Waals surface area contributed by atoms with Gasteiger partial charge in [0.2, 0.25) is 0 Å². The van der Waals surface area contributed by atoms with Gasteiger partial charge < -0.3 is 10.3 Å². The van der Waals surface area contributed by atoms with Crippen molar-refractivity contribution in [2.75, 3.05) is 5.32 Å². The number of benzene rings is 2. The van der Waals surface area contributed by atoms with E-state index in [4.69, 9.17) is 0 Å². The van der Waals surface area contributed by atoms with Gasteiger partial charge in [-0.1, -0.05) is 18.2 Å². The highest BCUT2D eigenvalue weighted by molar-refractivity contribution is 5.96. The zero-order chi connectivity index (χ0) is 18.9. The summed E-state index contributed by atoms with van der Waals surface area (Å²) in [5, 5.41) is 4.77. The van der Waals surface area contributed by atoms with Crippen LogP contribution in [-0.4, -0.2) is 19.9 Å². The second-order valence-corrected chi connectivity index (χ2v) is 6.88. The molecule has 3 heterocycles. The third-order valence-electron chi connectivity index (χ3n) is 5.01. The van der Waals surface area contributed by atoms with Gasteiger partial charge in [-0.25, -0.2) is 0 Å². The van der Waals surface area contributed by atoms with Crippen LogP contribution in [0, 0.1) is 0 Å². The molecule has 0 saturated heterocycles. The topological polar surface area (TPSA) is 66.5 Å². The summed E-state index contributed by atoms with van der Waals surface area (Å²) >= 11 is 0. The molecule has 0 fully saturated rings. The summed E-state index contributed by atoms with van der Waals surface area (Å²) in [4.78, 5) is 16.6. The maximum atomic E-state index is 4.59. The lowest BCUT2D eigenvalue weighted by Crippen LogP contribution is -2.07. The van der Waals surface area contributed by atoms with E-state index in [1.165, 1.54) is 5.39 Å². The van der Waals surface area contributed by atoms with E-state index in [0.717, 1.165) is 38.9 Å². The zero-order valence-electron chi connectivity index (χ0n) is 15.4. The molecule has 0 radical (unpaired) electrons. The smallest absolute Gasteiger partial charge is 0.0966 e. The lowest BCUT2D eigenvalue weighted by Gasteiger charge is -2.17. The minimum absolute atomic E-state index is 0.126. The van der Waals surface area contributed by atoms with Gasteiger partial charge in [-0.05, 0) is 53.8 Å². The van der Waals surface area contributed by atoms with E-state index in [1.54, 1.807) is 18.6 Å². The first-order valence-corrected chi connectivity index (χ1v) is 9.27. The Morgan fingerprint density at radius 2 is 1.89 bits per heavy atom. The number of nitrogens with zero attached hydrogens (tertiary/aromatic N) is 3. The SMILES string of the molecule is CC(Nc1cc(-c2ccc3cc[nH]c3c2)c2nccnc2c1)c1cccnc1. The molecule has 3 aromatic heterocycles. The first kappa shape index (κ1) is 16.4. The summed E-state index contributed by atoms with van der Waals surface area (Å²) in [6.07, 6.45) is 9.11. The lowest BCUT2D eigenvalue weighted by atomic mass is 10.0. The number of aromatic nitrogens is 4. The maximum Gasteiger partial charge on any atom is 0.0966 e. The van der Waals surface area contributed by atoms with Gasteiger partial charge in [-0.15, -0.1) is 0 Å². The molecular weight excluding hydrogens is 346 g/mol. The second-order valence-electron chi connectivity index (χ2n) is 6.88.